The molecule has 3 nitrogen and oxygen atoms in total. The molecular formula is C14H13F6N3. The number of anilines is 1. The van der Waals surface area contributed by atoms with E-state index in [0.29, 0.717) is 0 Å². The Morgan fingerprint density at radius 1 is 0.870 bits per heavy atom. The van der Waals surface area contributed by atoms with Gasteiger partial charge < -0.3 is 5.32 Å². The highest BCUT2D eigenvalue weighted by Gasteiger charge is 2.39. The van der Waals surface area contributed by atoms with E-state index in [4.69, 9.17) is 0 Å². The number of rotatable bonds is 1. The van der Waals surface area contributed by atoms with E-state index in [1.54, 1.807) is 20.8 Å². The molecule has 0 aliphatic rings. The first-order valence-corrected chi connectivity index (χ1v) is 6.52. The van der Waals surface area contributed by atoms with Gasteiger partial charge in [0, 0.05) is 10.9 Å². The van der Waals surface area contributed by atoms with Gasteiger partial charge in [-0.05, 0) is 39.0 Å². The highest BCUT2D eigenvalue weighted by atomic mass is 19.4. The molecule has 0 spiro atoms. The molecule has 2 aromatic rings. The van der Waals surface area contributed by atoms with Gasteiger partial charge in [-0.15, -0.1) is 0 Å². The number of nitrogens with zero attached hydrogens (tertiary/aromatic N) is 2. The Morgan fingerprint density at radius 2 is 1.48 bits per heavy atom. The lowest BCUT2D eigenvalue weighted by Crippen LogP contribution is -2.26. The first-order chi connectivity index (χ1) is 10.3. The minimum absolute atomic E-state index is 0.000867. The van der Waals surface area contributed by atoms with Gasteiger partial charge in [-0.1, -0.05) is 0 Å². The Morgan fingerprint density at radius 3 is 1.96 bits per heavy atom. The van der Waals surface area contributed by atoms with Crippen LogP contribution in [0.15, 0.2) is 18.2 Å². The van der Waals surface area contributed by atoms with Crippen LogP contribution in [-0.2, 0) is 12.4 Å². The molecule has 0 aliphatic carbocycles. The average molecular weight is 337 g/mol. The summed E-state index contributed by atoms with van der Waals surface area (Å²) in [6.45, 7) is 5.33. The number of aromatic nitrogens is 2. The number of hydrogen-bond acceptors (Lipinski definition) is 3. The third kappa shape index (κ3) is 4.02. The third-order valence-electron chi connectivity index (χ3n) is 2.77. The minimum atomic E-state index is -5.00. The third-order valence-corrected chi connectivity index (χ3v) is 2.77. The van der Waals surface area contributed by atoms with Crippen molar-refractivity contribution in [2.75, 3.05) is 5.32 Å². The molecule has 2 rings (SSSR count). The molecule has 0 radical (unpaired) electrons. The molecule has 126 valence electrons. The zero-order chi connectivity index (χ0) is 17.6. The van der Waals surface area contributed by atoms with Crippen molar-refractivity contribution in [1.82, 2.24) is 9.97 Å². The van der Waals surface area contributed by atoms with Crippen molar-refractivity contribution >= 4 is 16.9 Å². The zero-order valence-electron chi connectivity index (χ0n) is 12.4. The summed E-state index contributed by atoms with van der Waals surface area (Å²) in [4.78, 5) is 7.02. The standard InChI is InChI=1S/C14H13F6N3/c1-12(2,3)23-10-5-4-7-8(13(15,16)17)6-9(14(18,19)20)21-11(7)22-10/h4-6H,1-3H3,(H,21,22,23). The second kappa shape index (κ2) is 5.24. The van der Waals surface area contributed by atoms with Gasteiger partial charge in [0.2, 0.25) is 0 Å². The van der Waals surface area contributed by atoms with Gasteiger partial charge >= 0.3 is 12.4 Å². The average Bonchev–Trinajstić information content (AvgIpc) is 2.32. The maximum Gasteiger partial charge on any atom is 0.433 e. The van der Waals surface area contributed by atoms with Gasteiger partial charge in [-0.25, -0.2) is 9.97 Å². The fourth-order valence-corrected chi connectivity index (χ4v) is 1.94. The lowest BCUT2D eigenvalue weighted by Gasteiger charge is -2.21. The predicted octanol–water partition coefficient (Wildman–Crippen LogP) is 4.88. The van der Waals surface area contributed by atoms with Gasteiger partial charge in [0.25, 0.3) is 0 Å². The maximum absolute atomic E-state index is 13.0. The van der Waals surface area contributed by atoms with Crippen LogP contribution in [0.3, 0.4) is 0 Å². The molecule has 1 N–H and O–H groups in total. The second-order valence-corrected chi connectivity index (χ2v) is 5.99. The summed E-state index contributed by atoms with van der Waals surface area (Å²) in [6.07, 6.45) is -9.94. The van der Waals surface area contributed by atoms with Crippen LogP contribution in [0.25, 0.3) is 11.0 Å². The van der Waals surface area contributed by atoms with Gasteiger partial charge in [0.05, 0.1) is 5.56 Å². The highest BCUT2D eigenvalue weighted by Crippen LogP contribution is 2.38. The van der Waals surface area contributed by atoms with E-state index in [0.717, 1.165) is 6.07 Å². The molecule has 23 heavy (non-hydrogen) atoms. The molecule has 2 aromatic heterocycles. The van der Waals surface area contributed by atoms with Crippen LogP contribution in [0.5, 0.6) is 0 Å². The molecule has 0 saturated heterocycles. The number of alkyl halides is 6. The van der Waals surface area contributed by atoms with Crippen LogP contribution < -0.4 is 5.32 Å². The molecule has 0 atom stereocenters. The van der Waals surface area contributed by atoms with Crippen molar-refractivity contribution in [3.05, 3.63) is 29.5 Å². The van der Waals surface area contributed by atoms with Crippen molar-refractivity contribution in [2.45, 2.75) is 38.7 Å². The summed E-state index contributed by atoms with van der Waals surface area (Å²) in [7, 11) is 0. The van der Waals surface area contributed by atoms with Gasteiger partial charge in [0.1, 0.15) is 11.5 Å². The molecular weight excluding hydrogens is 324 g/mol. The van der Waals surface area contributed by atoms with E-state index in [9.17, 15) is 26.3 Å². The number of fused-ring (bicyclic) bond motifs is 1. The molecule has 0 aliphatic heterocycles. The quantitative estimate of drug-likeness (QED) is 0.754. The van der Waals surface area contributed by atoms with E-state index in [-0.39, 0.29) is 11.9 Å². The highest BCUT2D eigenvalue weighted by molar-refractivity contribution is 5.81. The molecule has 0 bridgehead atoms. The molecule has 2 heterocycles. The lowest BCUT2D eigenvalue weighted by molar-refractivity contribution is -0.144. The SMILES string of the molecule is CC(C)(C)Nc1ccc2c(C(F)(F)F)cc(C(F)(F)F)nc2n1. The molecule has 0 amide bonds. The predicted molar refractivity (Wildman–Crippen MR) is 72.9 cm³/mol. The summed E-state index contributed by atoms with van der Waals surface area (Å²) in [5.41, 5.74) is -4.11. The van der Waals surface area contributed by atoms with Crippen LogP contribution >= 0.6 is 0 Å². The Kier molecular flexibility index (Phi) is 3.94. The van der Waals surface area contributed by atoms with Crippen LogP contribution in [0.2, 0.25) is 0 Å². The molecule has 0 fully saturated rings. The van der Waals surface area contributed by atoms with Gasteiger partial charge in [-0.3, -0.25) is 0 Å². The van der Waals surface area contributed by atoms with Crippen molar-refractivity contribution in [1.29, 1.82) is 0 Å². The van der Waals surface area contributed by atoms with Crippen LogP contribution in [0, 0.1) is 0 Å². The van der Waals surface area contributed by atoms with Gasteiger partial charge in [-0.2, -0.15) is 26.3 Å². The summed E-state index contributed by atoms with van der Waals surface area (Å²) in [5.74, 6) is 0.143. The minimum Gasteiger partial charge on any atom is -0.365 e. The van der Waals surface area contributed by atoms with E-state index in [1.807, 2.05) is 0 Å². The number of pyridine rings is 2. The first-order valence-electron chi connectivity index (χ1n) is 6.52. The largest absolute Gasteiger partial charge is 0.433 e. The molecule has 9 heteroatoms. The Hall–Kier alpha value is -2.06. The normalized spacial score (nSPS) is 13.4. The molecule has 0 saturated carbocycles. The van der Waals surface area contributed by atoms with Crippen molar-refractivity contribution in [3.8, 4) is 0 Å². The summed E-state index contributed by atoms with van der Waals surface area (Å²) >= 11 is 0. The summed E-state index contributed by atoms with van der Waals surface area (Å²) in [6, 6.07) is 2.34. The van der Waals surface area contributed by atoms with E-state index in [1.165, 1.54) is 6.07 Å². The fraction of sp³-hybridized carbons (Fsp3) is 0.429. The second-order valence-electron chi connectivity index (χ2n) is 5.99. The Bertz CT molecular complexity index is 728. The maximum atomic E-state index is 13.0. The van der Waals surface area contributed by atoms with Crippen molar-refractivity contribution in [2.24, 2.45) is 0 Å². The van der Waals surface area contributed by atoms with Gasteiger partial charge in [0.15, 0.2) is 5.65 Å². The smallest absolute Gasteiger partial charge is 0.365 e. The van der Waals surface area contributed by atoms with E-state index in [2.05, 4.69) is 15.3 Å². The molecule has 0 aromatic carbocycles. The van der Waals surface area contributed by atoms with Crippen molar-refractivity contribution in [3.63, 3.8) is 0 Å². The molecule has 0 unspecified atom stereocenters. The van der Waals surface area contributed by atoms with E-state index < -0.39 is 40.2 Å². The van der Waals surface area contributed by atoms with Crippen LogP contribution in [-0.4, -0.2) is 15.5 Å². The zero-order valence-corrected chi connectivity index (χ0v) is 12.4. The lowest BCUT2D eigenvalue weighted by atomic mass is 10.1. The van der Waals surface area contributed by atoms with Crippen molar-refractivity contribution < 1.29 is 26.3 Å². The topological polar surface area (TPSA) is 37.8 Å². The summed E-state index contributed by atoms with van der Waals surface area (Å²) in [5, 5.41) is 2.39. The Balaban J connectivity index is 2.70. The number of halogens is 6. The monoisotopic (exact) mass is 337 g/mol. The fourth-order valence-electron chi connectivity index (χ4n) is 1.94. The number of hydrogen-bond donors (Lipinski definition) is 1. The Labute approximate surface area is 127 Å². The van der Waals surface area contributed by atoms with Crippen LogP contribution in [0.1, 0.15) is 32.0 Å². The van der Waals surface area contributed by atoms with E-state index >= 15 is 0 Å². The first kappa shape index (κ1) is 17.3. The van der Waals surface area contributed by atoms with Crippen LogP contribution in [0.4, 0.5) is 32.2 Å². The summed E-state index contributed by atoms with van der Waals surface area (Å²) < 4.78 is 77.4. The number of nitrogens with one attached hydrogen (secondary N) is 1.